The summed E-state index contributed by atoms with van der Waals surface area (Å²) in [5.74, 6) is 0.372. The minimum Gasteiger partial charge on any atom is -0.465 e. The Labute approximate surface area is 105 Å². The highest BCUT2D eigenvalue weighted by atomic mass is 32.2. The van der Waals surface area contributed by atoms with E-state index in [1.807, 2.05) is 6.92 Å². The van der Waals surface area contributed by atoms with Gasteiger partial charge in [0, 0.05) is 18.1 Å². The third-order valence-electron chi connectivity index (χ3n) is 1.96. The smallest absolute Gasteiger partial charge is 0.323 e. The van der Waals surface area contributed by atoms with Crippen molar-refractivity contribution in [1.82, 2.24) is 15.3 Å². The van der Waals surface area contributed by atoms with Crippen molar-refractivity contribution in [1.29, 1.82) is 0 Å². The van der Waals surface area contributed by atoms with Crippen LogP contribution in [0.25, 0.3) is 0 Å². The van der Waals surface area contributed by atoms with Crippen LogP contribution in [0.5, 0.6) is 0 Å². The van der Waals surface area contributed by atoms with Crippen molar-refractivity contribution in [3.8, 4) is 0 Å². The van der Waals surface area contributed by atoms with Crippen molar-refractivity contribution in [3.63, 3.8) is 0 Å². The summed E-state index contributed by atoms with van der Waals surface area (Å²) >= 11 is 1.49. The lowest BCUT2D eigenvalue weighted by Gasteiger charge is -2.15. The second-order valence-electron chi connectivity index (χ2n) is 3.22. The molecular weight excluding hydrogens is 238 g/mol. The van der Waals surface area contributed by atoms with E-state index in [1.54, 1.807) is 25.5 Å². The first-order valence-electron chi connectivity index (χ1n) is 5.56. The molecule has 6 heteroatoms. The van der Waals surface area contributed by atoms with Gasteiger partial charge in [-0.25, -0.2) is 4.98 Å². The van der Waals surface area contributed by atoms with Crippen LogP contribution in [0, 0.1) is 0 Å². The van der Waals surface area contributed by atoms with Crippen LogP contribution in [0.15, 0.2) is 23.6 Å². The van der Waals surface area contributed by atoms with Gasteiger partial charge in [-0.2, -0.15) is 0 Å². The fourth-order valence-corrected chi connectivity index (χ4v) is 2.09. The summed E-state index contributed by atoms with van der Waals surface area (Å²) in [6.45, 7) is 4.89. The molecule has 0 aromatic carbocycles. The lowest BCUT2D eigenvalue weighted by atomic mass is 10.3. The Morgan fingerprint density at radius 1 is 1.53 bits per heavy atom. The predicted octanol–water partition coefficient (Wildman–Crippen LogP) is 1.11. The van der Waals surface area contributed by atoms with Crippen molar-refractivity contribution in [2.75, 3.05) is 18.9 Å². The van der Waals surface area contributed by atoms with Crippen LogP contribution in [0.2, 0.25) is 0 Å². The summed E-state index contributed by atoms with van der Waals surface area (Å²) in [5, 5.41) is 3.90. The third kappa shape index (κ3) is 5.14. The molecule has 1 heterocycles. The molecule has 1 atom stereocenters. The van der Waals surface area contributed by atoms with Crippen molar-refractivity contribution in [3.05, 3.63) is 18.6 Å². The van der Waals surface area contributed by atoms with Crippen molar-refractivity contribution < 1.29 is 9.53 Å². The van der Waals surface area contributed by atoms with Crippen LogP contribution in [0.3, 0.4) is 0 Å². The standard InChI is InChI=1S/C11H17N3O2S/c1-3-13-9(11(15)16-4-2)8-17-10-7-12-5-6-14-10/h5-7,9,13H,3-4,8H2,1-2H3. The molecule has 94 valence electrons. The maximum atomic E-state index is 11.6. The molecule has 1 N–H and O–H groups in total. The van der Waals surface area contributed by atoms with E-state index in [0.717, 1.165) is 11.6 Å². The van der Waals surface area contributed by atoms with Gasteiger partial charge in [0.15, 0.2) is 0 Å². The van der Waals surface area contributed by atoms with Crippen LogP contribution < -0.4 is 5.32 Å². The molecule has 0 saturated heterocycles. The number of likely N-dealkylation sites (N-methyl/N-ethyl adjacent to an activating group) is 1. The van der Waals surface area contributed by atoms with E-state index >= 15 is 0 Å². The van der Waals surface area contributed by atoms with E-state index in [1.165, 1.54) is 11.8 Å². The van der Waals surface area contributed by atoms with E-state index in [4.69, 9.17) is 4.74 Å². The zero-order valence-electron chi connectivity index (χ0n) is 10.0. The molecular formula is C11H17N3O2S. The van der Waals surface area contributed by atoms with E-state index in [9.17, 15) is 4.79 Å². The number of esters is 1. The van der Waals surface area contributed by atoms with E-state index in [0.29, 0.717) is 12.4 Å². The third-order valence-corrected chi connectivity index (χ3v) is 2.97. The molecule has 0 fully saturated rings. The topological polar surface area (TPSA) is 64.1 Å². The molecule has 1 aromatic heterocycles. The molecule has 17 heavy (non-hydrogen) atoms. The second-order valence-corrected chi connectivity index (χ2v) is 4.26. The van der Waals surface area contributed by atoms with E-state index < -0.39 is 0 Å². The van der Waals surface area contributed by atoms with E-state index in [-0.39, 0.29) is 12.0 Å². The van der Waals surface area contributed by atoms with Crippen LogP contribution in [-0.2, 0) is 9.53 Å². The van der Waals surface area contributed by atoms with Gasteiger partial charge in [0.25, 0.3) is 0 Å². The Hall–Kier alpha value is -1.14. The summed E-state index contributed by atoms with van der Waals surface area (Å²) in [6, 6.07) is -0.299. The molecule has 0 amide bonds. The fourth-order valence-electron chi connectivity index (χ4n) is 1.23. The molecule has 0 spiro atoms. The fraction of sp³-hybridized carbons (Fsp3) is 0.545. The summed E-state index contributed by atoms with van der Waals surface area (Å²) in [5.41, 5.74) is 0. The Balaban J connectivity index is 2.47. The molecule has 5 nitrogen and oxygen atoms in total. The lowest BCUT2D eigenvalue weighted by Crippen LogP contribution is -2.40. The highest BCUT2D eigenvalue weighted by molar-refractivity contribution is 7.99. The molecule has 0 aliphatic carbocycles. The number of hydrogen-bond donors (Lipinski definition) is 1. The number of rotatable bonds is 7. The molecule has 1 rings (SSSR count). The summed E-state index contributed by atoms with van der Waals surface area (Å²) in [4.78, 5) is 19.7. The van der Waals surface area contributed by atoms with Gasteiger partial charge < -0.3 is 10.1 Å². The summed E-state index contributed by atoms with van der Waals surface area (Å²) in [6.07, 6.45) is 4.94. The first-order valence-corrected chi connectivity index (χ1v) is 6.55. The van der Waals surface area contributed by atoms with Crippen LogP contribution in [0.1, 0.15) is 13.8 Å². The average Bonchev–Trinajstić information content (AvgIpc) is 2.36. The van der Waals surface area contributed by atoms with Crippen molar-refractivity contribution in [2.24, 2.45) is 0 Å². The maximum absolute atomic E-state index is 11.6. The molecule has 0 radical (unpaired) electrons. The number of carbonyl (C=O) groups is 1. The number of ether oxygens (including phenoxy) is 1. The van der Waals surface area contributed by atoms with Gasteiger partial charge in [0.2, 0.25) is 0 Å². The molecule has 0 aliphatic rings. The first-order chi connectivity index (χ1) is 8.27. The number of hydrogen-bond acceptors (Lipinski definition) is 6. The molecule has 0 aliphatic heterocycles. The molecule has 1 aromatic rings. The molecule has 0 saturated carbocycles. The summed E-state index contributed by atoms with van der Waals surface area (Å²) in [7, 11) is 0. The quantitative estimate of drug-likeness (QED) is 0.581. The average molecular weight is 255 g/mol. The second kappa shape index (κ2) is 8.03. The van der Waals surface area contributed by atoms with Crippen LogP contribution >= 0.6 is 11.8 Å². The Morgan fingerprint density at radius 3 is 2.94 bits per heavy atom. The number of aromatic nitrogens is 2. The first kappa shape index (κ1) is 13.9. The SMILES string of the molecule is CCNC(CSc1cnccn1)C(=O)OCC. The van der Waals surface area contributed by atoms with Crippen LogP contribution in [-0.4, -0.2) is 40.9 Å². The van der Waals surface area contributed by atoms with Gasteiger partial charge in [-0.1, -0.05) is 6.92 Å². The zero-order chi connectivity index (χ0) is 12.5. The monoisotopic (exact) mass is 255 g/mol. The van der Waals surface area contributed by atoms with Gasteiger partial charge >= 0.3 is 5.97 Å². The number of thioether (sulfide) groups is 1. The lowest BCUT2D eigenvalue weighted by molar-refractivity contribution is -0.144. The number of carbonyl (C=O) groups excluding carboxylic acids is 1. The Morgan fingerprint density at radius 2 is 2.35 bits per heavy atom. The van der Waals surface area contributed by atoms with Gasteiger partial charge in [-0.05, 0) is 13.5 Å². The van der Waals surface area contributed by atoms with Gasteiger partial charge in [0.1, 0.15) is 11.1 Å². The van der Waals surface area contributed by atoms with Gasteiger partial charge in [-0.3, -0.25) is 9.78 Å². The van der Waals surface area contributed by atoms with Crippen molar-refractivity contribution >= 4 is 17.7 Å². The largest absolute Gasteiger partial charge is 0.465 e. The highest BCUT2D eigenvalue weighted by Gasteiger charge is 2.18. The zero-order valence-corrected chi connectivity index (χ0v) is 10.9. The summed E-state index contributed by atoms with van der Waals surface area (Å²) < 4.78 is 4.99. The predicted molar refractivity (Wildman–Crippen MR) is 66.9 cm³/mol. The van der Waals surface area contributed by atoms with Gasteiger partial charge in [0.05, 0.1) is 12.8 Å². The number of nitrogens with zero attached hydrogens (tertiary/aromatic N) is 2. The minimum atomic E-state index is -0.299. The normalized spacial score (nSPS) is 12.1. The Kier molecular flexibility index (Phi) is 6.57. The number of nitrogens with one attached hydrogen (secondary N) is 1. The minimum absolute atomic E-state index is 0.217. The van der Waals surface area contributed by atoms with E-state index in [2.05, 4.69) is 15.3 Å². The molecule has 1 unspecified atom stereocenters. The highest BCUT2D eigenvalue weighted by Crippen LogP contribution is 2.14. The van der Waals surface area contributed by atoms with Crippen molar-refractivity contribution in [2.45, 2.75) is 24.9 Å². The Bertz CT molecular complexity index is 335. The molecule has 0 bridgehead atoms. The van der Waals surface area contributed by atoms with Crippen LogP contribution in [0.4, 0.5) is 0 Å². The van der Waals surface area contributed by atoms with Gasteiger partial charge in [-0.15, -0.1) is 11.8 Å². The maximum Gasteiger partial charge on any atom is 0.323 e.